The van der Waals surface area contributed by atoms with Gasteiger partial charge in [0.25, 0.3) is 5.91 Å². The van der Waals surface area contributed by atoms with Gasteiger partial charge >= 0.3 is 5.91 Å². The number of benzene rings is 1. The molecule has 3 aromatic rings. The van der Waals surface area contributed by atoms with E-state index in [2.05, 4.69) is 10.9 Å². The van der Waals surface area contributed by atoms with Crippen molar-refractivity contribution in [2.45, 2.75) is 13.8 Å². The van der Waals surface area contributed by atoms with Crippen molar-refractivity contribution in [3.63, 3.8) is 0 Å². The molecule has 0 bridgehead atoms. The van der Waals surface area contributed by atoms with Gasteiger partial charge in [0.05, 0.1) is 0 Å². The smallest absolute Gasteiger partial charge is 0.305 e. The van der Waals surface area contributed by atoms with Gasteiger partial charge in [-0.3, -0.25) is 20.4 Å². The van der Waals surface area contributed by atoms with Crippen LogP contribution < -0.4 is 10.9 Å². The molecule has 0 saturated heterocycles. The zero-order valence-corrected chi connectivity index (χ0v) is 14.1. The lowest BCUT2D eigenvalue weighted by Crippen LogP contribution is -2.40. The van der Waals surface area contributed by atoms with Crippen molar-refractivity contribution in [3.8, 4) is 0 Å². The molecule has 2 aromatic heterocycles. The second-order valence-electron chi connectivity index (χ2n) is 5.28. The van der Waals surface area contributed by atoms with Crippen LogP contribution in [0.5, 0.6) is 0 Å². The summed E-state index contributed by atoms with van der Waals surface area (Å²) in [6.45, 7) is 3.81. The minimum Gasteiger partial charge on any atom is -0.451 e. The average molecular weight is 340 g/mol. The fourth-order valence-corrected chi connectivity index (χ4v) is 3.09. The van der Waals surface area contributed by atoms with Crippen molar-refractivity contribution in [1.29, 1.82) is 0 Å². The number of hydrogen-bond acceptors (Lipinski definition) is 4. The van der Waals surface area contributed by atoms with Crippen LogP contribution in [0.15, 0.2) is 46.9 Å². The first-order valence-electron chi connectivity index (χ1n) is 7.37. The Morgan fingerprint density at radius 1 is 1.08 bits per heavy atom. The van der Waals surface area contributed by atoms with Gasteiger partial charge in [-0.2, -0.15) is 0 Å². The Kier molecular flexibility index (Phi) is 4.48. The number of hydrogen-bond donors (Lipinski definition) is 2. The Labute approximate surface area is 142 Å². The highest BCUT2D eigenvalue weighted by molar-refractivity contribution is 7.12. The summed E-state index contributed by atoms with van der Waals surface area (Å²) in [7, 11) is 0. The lowest BCUT2D eigenvalue weighted by Gasteiger charge is -2.03. The highest BCUT2D eigenvalue weighted by Gasteiger charge is 2.17. The molecule has 24 heavy (non-hydrogen) atoms. The summed E-state index contributed by atoms with van der Waals surface area (Å²) in [5, 5.41) is 0.877. The molecule has 0 fully saturated rings. The molecule has 2 heterocycles. The molecular weight excluding hydrogens is 324 g/mol. The SMILES string of the molecule is Cc1ccc(C=CC(=O)NNC(=O)c2oc3ccccc3c2C)s1. The minimum atomic E-state index is -0.489. The van der Waals surface area contributed by atoms with Gasteiger partial charge in [-0.25, -0.2) is 0 Å². The number of para-hydroxylation sites is 1. The molecule has 122 valence electrons. The number of nitrogens with one attached hydrogen (secondary N) is 2. The van der Waals surface area contributed by atoms with Gasteiger partial charge in [0, 0.05) is 26.8 Å². The number of aryl methyl sites for hydroxylation is 2. The van der Waals surface area contributed by atoms with Crippen molar-refractivity contribution < 1.29 is 14.0 Å². The molecule has 1 aromatic carbocycles. The van der Waals surface area contributed by atoms with E-state index in [1.165, 1.54) is 11.0 Å². The fraction of sp³-hybridized carbons (Fsp3) is 0.111. The first kappa shape index (κ1) is 16.0. The third-order valence-corrected chi connectivity index (χ3v) is 4.48. The van der Waals surface area contributed by atoms with E-state index >= 15 is 0 Å². The van der Waals surface area contributed by atoms with Crippen LogP contribution in [0.3, 0.4) is 0 Å². The van der Waals surface area contributed by atoms with Gasteiger partial charge in [0.2, 0.25) is 0 Å². The second kappa shape index (κ2) is 6.72. The normalized spacial score (nSPS) is 11.1. The third-order valence-electron chi connectivity index (χ3n) is 3.51. The lowest BCUT2D eigenvalue weighted by atomic mass is 10.1. The molecule has 0 atom stereocenters. The Bertz CT molecular complexity index is 937. The minimum absolute atomic E-state index is 0.189. The lowest BCUT2D eigenvalue weighted by molar-refractivity contribution is -0.117. The number of carbonyl (C=O) groups is 2. The zero-order chi connectivity index (χ0) is 17.1. The molecule has 6 heteroatoms. The van der Waals surface area contributed by atoms with Crippen LogP contribution in [0.4, 0.5) is 0 Å². The maximum Gasteiger partial charge on any atom is 0.305 e. The van der Waals surface area contributed by atoms with Crippen LogP contribution in [0.1, 0.15) is 25.9 Å². The van der Waals surface area contributed by atoms with Crippen molar-refractivity contribution >= 4 is 40.2 Å². The van der Waals surface area contributed by atoms with Crippen molar-refractivity contribution in [2.75, 3.05) is 0 Å². The van der Waals surface area contributed by atoms with E-state index in [0.717, 1.165) is 15.8 Å². The number of thiophene rings is 1. The number of carbonyl (C=O) groups excluding carboxylic acids is 2. The molecule has 0 aliphatic rings. The van der Waals surface area contributed by atoms with E-state index in [4.69, 9.17) is 4.42 Å². The van der Waals surface area contributed by atoms with Gasteiger partial charge in [0.15, 0.2) is 5.76 Å². The number of rotatable bonds is 3. The molecule has 0 aliphatic carbocycles. The average Bonchev–Trinajstić information content (AvgIpc) is 3.15. The van der Waals surface area contributed by atoms with Gasteiger partial charge in [0.1, 0.15) is 5.58 Å². The van der Waals surface area contributed by atoms with Gasteiger partial charge in [-0.1, -0.05) is 18.2 Å². The molecule has 2 N–H and O–H groups in total. The standard InChI is InChI=1S/C18H16N2O3S/c1-11-7-8-13(24-11)9-10-16(21)19-20-18(22)17-12(2)14-5-3-4-6-15(14)23-17/h3-10H,1-2H3,(H,19,21)(H,20,22). The highest BCUT2D eigenvalue weighted by atomic mass is 32.1. The maximum atomic E-state index is 12.2. The Morgan fingerprint density at radius 2 is 1.88 bits per heavy atom. The van der Waals surface area contributed by atoms with Crippen LogP contribution >= 0.6 is 11.3 Å². The van der Waals surface area contributed by atoms with Crippen molar-refractivity contribution in [2.24, 2.45) is 0 Å². The summed E-state index contributed by atoms with van der Waals surface area (Å²) >= 11 is 1.59. The van der Waals surface area contributed by atoms with Crippen molar-refractivity contribution in [3.05, 3.63) is 63.6 Å². The zero-order valence-electron chi connectivity index (χ0n) is 13.3. The number of hydrazine groups is 1. The maximum absolute atomic E-state index is 12.2. The van der Waals surface area contributed by atoms with E-state index < -0.39 is 11.8 Å². The number of amides is 2. The Hall–Kier alpha value is -2.86. The molecular formula is C18H16N2O3S. The second-order valence-corrected chi connectivity index (χ2v) is 6.60. The summed E-state index contributed by atoms with van der Waals surface area (Å²) in [5.74, 6) is -0.713. The number of fused-ring (bicyclic) bond motifs is 1. The van der Waals surface area contributed by atoms with Crippen LogP contribution in [0.2, 0.25) is 0 Å². The quantitative estimate of drug-likeness (QED) is 0.565. The molecule has 5 nitrogen and oxygen atoms in total. The predicted molar refractivity (Wildman–Crippen MR) is 94.6 cm³/mol. The van der Waals surface area contributed by atoms with E-state index in [0.29, 0.717) is 5.58 Å². The number of furan rings is 1. The van der Waals surface area contributed by atoms with Crippen LogP contribution in [-0.4, -0.2) is 11.8 Å². The molecule has 0 spiro atoms. The van der Waals surface area contributed by atoms with Gasteiger partial charge in [-0.05, 0) is 38.1 Å². The monoisotopic (exact) mass is 340 g/mol. The van der Waals surface area contributed by atoms with E-state index in [1.807, 2.05) is 44.2 Å². The molecule has 0 saturated carbocycles. The summed E-state index contributed by atoms with van der Waals surface area (Å²) in [4.78, 5) is 26.1. The van der Waals surface area contributed by atoms with Gasteiger partial charge in [-0.15, -0.1) is 11.3 Å². The van der Waals surface area contributed by atoms with E-state index in [9.17, 15) is 9.59 Å². The van der Waals surface area contributed by atoms with Crippen LogP contribution in [0.25, 0.3) is 17.0 Å². The first-order valence-corrected chi connectivity index (χ1v) is 8.19. The summed E-state index contributed by atoms with van der Waals surface area (Å²) < 4.78 is 5.55. The molecule has 0 radical (unpaired) electrons. The predicted octanol–water partition coefficient (Wildman–Crippen LogP) is 3.59. The first-order chi connectivity index (χ1) is 11.5. The Morgan fingerprint density at radius 3 is 2.58 bits per heavy atom. The van der Waals surface area contributed by atoms with E-state index in [1.54, 1.807) is 23.5 Å². The molecule has 0 unspecified atom stereocenters. The highest BCUT2D eigenvalue weighted by Crippen LogP contribution is 2.24. The Balaban J connectivity index is 1.63. The third kappa shape index (κ3) is 3.38. The van der Waals surface area contributed by atoms with Crippen LogP contribution in [-0.2, 0) is 4.79 Å². The summed E-state index contributed by atoms with van der Waals surface area (Å²) in [5.41, 5.74) is 6.09. The topological polar surface area (TPSA) is 71.3 Å². The summed E-state index contributed by atoms with van der Waals surface area (Å²) in [6, 6.07) is 11.3. The van der Waals surface area contributed by atoms with Crippen LogP contribution in [0, 0.1) is 13.8 Å². The summed E-state index contributed by atoms with van der Waals surface area (Å²) in [6.07, 6.45) is 3.07. The van der Waals surface area contributed by atoms with Gasteiger partial charge < -0.3 is 4.42 Å². The molecule has 3 rings (SSSR count). The molecule has 2 amide bonds. The molecule has 0 aliphatic heterocycles. The largest absolute Gasteiger partial charge is 0.451 e. The van der Waals surface area contributed by atoms with Crippen molar-refractivity contribution in [1.82, 2.24) is 10.9 Å². The fourth-order valence-electron chi connectivity index (χ4n) is 2.31. The van der Waals surface area contributed by atoms with E-state index in [-0.39, 0.29) is 5.76 Å².